The highest BCUT2D eigenvalue weighted by atomic mass is 16.5. The van der Waals surface area contributed by atoms with E-state index < -0.39 is 0 Å². The van der Waals surface area contributed by atoms with Gasteiger partial charge in [0.25, 0.3) is 5.56 Å². The van der Waals surface area contributed by atoms with Crippen molar-refractivity contribution >= 4 is 11.6 Å². The van der Waals surface area contributed by atoms with Crippen molar-refractivity contribution < 1.29 is 14.3 Å². The number of rotatable bonds is 5. The van der Waals surface area contributed by atoms with Crippen LogP contribution in [0.1, 0.15) is 17.1 Å². The topological polar surface area (TPSA) is 93.3 Å². The largest absolute Gasteiger partial charge is 0.493 e. The molecule has 23 heavy (non-hydrogen) atoms. The van der Waals surface area contributed by atoms with Gasteiger partial charge in [0.15, 0.2) is 11.5 Å². The first-order valence-electron chi connectivity index (χ1n) is 7.03. The molecule has 0 fully saturated rings. The maximum Gasteiger partial charge on any atom is 0.254 e. The first-order valence-corrected chi connectivity index (χ1v) is 7.03. The molecule has 2 N–H and O–H groups in total. The standard InChI is InChI=1S/C16H19N3O4/c1-9-12(16(21)18-10(2)17-9)8-15(20)19-11-5-6-13(22-3)14(7-11)23-4/h5-7H,8H2,1-4H3,(H,19,20)(H,17,18,21). The molecule has 0 bridgehead atoms. The number of nitrogens with zero attached hydrogens (tertiary/aromatic N) is 1. The first-order chi connectivity index (χ1) is 10.9. The molecule has 0 radical (unpaired) electrons. The minimum atomic E-state index is -0.309. The Kier molecular flexibility index (Phi) is 5.00. The third-order valence-electron chi connectivity index (χ3n) is 3.35. The van der Waals surface area contributed by atoms with Crippen LogP contribution in [0.2, 0.25) is 0 Å². The Labute approximate surface area is 133 Å². The zero-order valence-corrected chi connectivity index (χ0v) is 13.5. The summed E-state index contributed by atoms with van der Waals surface area (Å²) in [5, 5.41) is 2.73. The van der Waals surface area contributed by atoms with Gasteiger partial charge in [-0.3, -0.25) is 9.59 Å². The van der Waals surface area contributed by atoms with Crippen molar-refractivity contribution in [1.29, 1.82) is 0 Å². The molecule has 0 saturated heterocycles. The van der Waals surface area contributed by atoms with E-state index in [2.05, 4.69) is 15.3 Å². The number of carbonyl (C=O) groups is 1. The number of carbonyl (C=O) groups excluding carboxylic acids is 1. The Morgan fingerprint density at radius 1 is 1.22 bits per heavy atom. The third-order valence-corrected chi connectivity index (χ3v) is 3.35. The van der Waals surface area contributed by atoms with Gasteiger partial charge in [0.2, 0.25) is 5.91 Å². The van der Waals surface area contributed by atoms with Crippen LogP contribution >= 0.6 is 0 Å². The van der Waals surface area contributed by atoms with Gasteiger partial charge in [0, 0.05) is 23.0 Å². The van der Waals surface area contributed by atoms with Gasteiger partial charge in [-0.2, -0.15) is 0 Å². The molecule has 2 aromatic rings. The second kappa shape index (κ2) is 6.95. The van der Waals surface area contributed by atoms with Gasteiger partial charge in [0.1, 0.15) is 5.82 Å². The number of hydrogen-bond donors (Lipinski definition) is 2. The molecule has 0 atom stereocenters. The van der Waals surface area contributed by atoms with E-state index in [-0.39, 0.29) is 17.9 Å². The van der Waals surface area contributed by atoms with E-state index in [0.717, 1.165) is 0 Å². The summed E-state index contributed by atoms with van der Waals surface area (Å²) in [7, 11) is 3.06. The highest BCUT2D eigenvalue weighted by molar-refractivity contribution is 5.92. The van der Waals surface area contributed by atoms with Crippen molar-refractivity contribution in [3.63, 3.8) is 0 Å². The molecule has 0 spiro atoms. The molecule has 1 aromatic carbocycles. The summed E-state index contributed by atoms with van der Waals surface area (Å²) in [6.07, 6.45) is -0.0528. The number of benzene rings is 1. The van der Waals surface area contributed by atoms with Crippen LogP contribution in [0.3, 0.4) is 0 Å². The Hall–Kier alpha value is -2.83. The van der Waals surface area contributed by atoms with Gasteiger partial charge in [-0.25, -0.2) is 4.98 Å². The molecule has 0 aliphatic carbocycles. The summed E-state index contributed by atoms with van der Waals surface area (Å²) in [4.78, 5) is 30.9. The van der Waals surface area contributed by atoms with Gasteiger partial charge in [-0.05, 0) is 26.0 Å². The smallest absolute Gasteiger partial charge is 0.254 e. The predicted molar refractivity (Wildman–Crippen MR) is 86.2 cm³/mol. The number of aromatic nitrogens is 2. The Balaban J connectivity index is 2.16. The van der Waals surface area contributed by atoms with E-state index in [9.17, 15) is 9.59 Å². The Morgan fingerprint density at radius 3 is 2.52 bits per heavy atom. The van der Waals surface area contributed by atoms with E-state index in [0.29, 0.717) is 34.3 Å². The van der Waals surface area contributed by atoms with Crippen molar-refractivity contribution in [3.8, 4) is 11.5 Å². The lowest BCUT2D eigenvalue weighted by atomic mass is 10.1. The first kappa shape index (κ1) is 16.5. The van der Waals surface area contributed by atoms with Crippen molar-refractivity contribution in [2.45, 2.75) is 20.3 Å². The highest BCUT2D eigenvalue weighted by Gasteiger charge is 2.13. The number of amides is 1. The van der Waals surface area contributed by atoms with E-state index >= 15 is 0 Å². The molecule has 1 heterocycles. The highest BCUT2D eigenvalue weighted by Crippen LogP contribution is 2.29. The molecule has 1 aromatic heterocycles. The van der Waals surface area contributed by atoms with Crippen molar-refractivity contribution in [1.82, 2.24) is 9.97 Å². The van der Waals surface area contributed by atoms with Crippen LogP contribution in [0.25, 0.3) is 0 Å². The summed E-state index contributed by atoms with van der Waals surface area (Å²) in [6.45, 7) is 3.41. The quantitative estimate of drug-likeness (QED) is 0.873. The monoisotopic (exact) mass is 317 g/mol. The van der Waals surface area contributed by atoms with Crippen LogP contribution in [0.4, 0.5) is 5.69 Å². The second-order valence-electron chi connectivity index (χ2n) is 5.01. The minimum Gasteiger partial charge on any atom is -0.493 e. The fraction of sp³-hybridized carbons (Fsp3) is 0.312. The Bertz CT molecular complexity index is 783. The minimum absolute atomic E-state index is 0.0528. The lowest BCUT2D eigenvalue weighted by molar-refractivity contribution is -0.115. The zero-order valence-electron chi connectivity index (χ0n) is 13.5. The average molecular weight is 317 g/mol. The molecular formula is C16H19N3O4. The SMILES string of the molecule is COc1ccc(NC(=O)Cc2c(C)nc(C)[nH]c2=O)cc1OC. The molecule has 122 valence electrons. The number of aryl methyl sites for hydroxylation is 2. The van der Waals surface area contributed by atoms with Gasteiger partial charge < -0.3 is 19.8 Å². The molecule has 7 heteroatoms. The summed E-state index contributed by atoms with van der Waals surface area (Å²) >= 11 is 0. The lowest BCUT2D eigenvalue weighted by Crippen LogP contribution is -2.24. The summed E-state index contributed by atoms with van der Waals surface area (Å²) in [5.41, 5.74) is 1.17. The van der Waals surface area contributed by atoms with Crippen LogP contribution < -0.4 is 20.3 Å². The van der Waals surface area contributed by atoms with E-state index in [1.165, 1.54) is 14.2 Å². The van der Waals surface area contributed by atoms with Crippen LogP contribution in [0.15, 0.2) is 23.0 Å². The Morgan fingerprint density at radius 2 is 1.91 bits per heavy atom. The maximum absolute atomic E-state index is 12.2. The van der Waals surface area contributed by atoms with Gasteiger partial charge in [-0.1, -0.05) is 0 Å². The second-order valence-corrected chi connectivity index (χ2v) is 5.01. The summed E-state index contributed by atoms with van der Waals surface area (Å²) in [5.74, 6) is 1.30. The molecule has 1 amide bonds. The van der Waals surface area contributed by atoms with E-state index in [4.69, 9.17) is 9.47 Å². The maximum atomic E-state index is 12.2. The molecule has 0 aliphatic rings. The van der Waals surface area contributed by atoms with Crippen molar-refractivity contribution in [3.05, 3.63) is 45.6 Å². The van der Waals surface area contributed by atoms with E-state index in [1.807, 2.05) is 0 Å². The fourth-order valence-corrected chi connectivity index (χ4v) is 2.24. The normalized spacial score (nSPS) is 10.3. The number of H-pyrrole nitrogens is 1. The molecule has 2 rings (SSSR count). The van der Waals surface area contributed by atoms with Gasteiger partial charge in [0.05, 0.1) is 20.6 Å². The fourth-order valence-electron chi connectivity index (χ4n) is 2.24. The van der Waals surface area contributed by atoms with Crippen LogP contribution in [0.5, 0.6) is 11.5 Å². The molecule has 0 unspecified atom stereocenters. The number of nitrogens with one attached hydrogen (secondary N) is 2. The van der Waals surface area contributed by atoms with Crippen LogP contribution in [0, 0.1) is 13.8 Å². The number of aromatic amines is 1. The number of methoxy groups -OCH3 is 2. The number of ether oxygens (including phenoxy) is 2. The van der Waals surface area contributed by atoms with Gasteiger partial charge >= 0.3 is 0 Å². The molecular weight excluding hydrogens is 298 g/mol. The van der Waals surface area contributed by atoms with Crippen molar-refractivity contribution in [2.24, 2.45) is 0 Å². The zero-order chi connectivity index (χ0) is 17.0. The van der Waals surface area contributed by atoms with Crippen LogP contribution in [-0.4, -0.2) is 30.1 Å². The molecule has 0 aliphatic heterocycles. The summed E-state index contributed by atoms with van der Waals surface area (Å²) in [6, 6.07) is 5.05. The molecule has 7 nitrogen and oxygen atoms in total. The van der Waals surface area contributed by atoms with Gasteiger partial charge in [-0.15, -0.1) is 0 Å². The lowest BCUT2D eigenvalue weighted by Gasteiger charge is -2.11. The summed E-state index contributed by atoms with van der Waals surface area (Å²) < 4.78 is 10.3. The number of hydrogen-bond acceptors (Lipinski definition) is 5. The third kappa shape index (κ3) is 3.88. The predicted octanol–water partition coefficient (Wildman–Crippen LogP) is 1.59. The molecule has 0 saturated carbocycles. The van der Waals surface area contributed by atoms with Crippen molar-refractivity contribution in [2.75, 3.05) is 19.5 Å². The van der Waals surface area contributed by atoms with Crippen LogP contribution in [-0.2, 0) is 11.2 Å². The number of anilines is 1. The average Bonchev–Trinajstić information content (AvgIpc) is 2.50. The van der Waals surface area contributed by atoms with E-state index in [1.54, 1.807) is 32.0 Å².